The van der Waals surface area contributed by atoms with Crippen molar-refractivity contribution < 1.29 is 18.7 Å². The molecule has 4 nitrogen and oxygen atoms in total. The monoisotopic (exact) mass is 364 g/mol. The van der Waals surface area contributed by atoms with Crippen molar-refractivity contribution >= 4 is 40.9 Å². The maximum atomic E-state index is 13.5. The number of hydrogen-bond acceptors (Lipinski definition) is 4. The van der Waals surface area contributed by atoms with E-state index in [1.54, 1.807) is 0 Å². The first kappa shape index (κ1) is 16.9. The Morgan fingerprint density at radius 2 is 1.86 bits per heavy atom. The van der Waals surface area contributed by atoms with Gasteiger partial charge in [0, 0.05) is 16.9 Å². The highest BCUT2D eigenvalue weighted by molar-refractivity contribution is 7.98. The summed E-state index contributed by atoms with van der Waals surface area (Å²) in [4.78, 5) is 18.5. The number of carboxylic acid groups (broad SMARTS) is 1. The van der Waals surface area contributed by atoms with Crippen molar-refractivity contribution in [1.29, 1.82) is 0 Å². The fourth-order valence-corrected chi connectivity index (χ4v) is 3.02. The van der Waals surface area contributed by atoms with Crippen molar-refractivity contribution in [3.63, 3.8) is 0 Å². The molecule has 0 aliphatic carbocycles. The lowest BCUT2D eigenvalue weighted by Gasteiger charge is -2.07. The fourth-order valence-electron chi connectivity index (χ4n) is 1.58. The molecule has 0 amide bonds. The van der Waals surface area contributed by atoms with Crippen LogP contribution in [-0.4, -0.2) is 21.0 Å². The molecule has 1 aromatic heterocycles. The van der Waals surface area contributed by atoms with Gasteiger partial charge in [-0.1, -0.05) is 47.1 Å². The summed E-state index contributed by atoms with van der Waals surface area (Å²) in [6.45, 7) is 0. The maximum Gasteiger partial charge on any atom is 0.308 e. The smallest absolute Gasteiger partial charge is 0.308 e. The molecule has 0 radical (unpaired) electrons. The van der Waals surface area contributed by atoms with Crippen molar-refractivity contribution in [1.82, 2.24) is 9.97 Å². The molecule has 0 atom stereocenters. The average molecular weight is 365 g/mol. The van der Waals surface area contributed by atoms with Crippen molar-refractivity contribution in [2.45, 2.75) is 17.3 Å². The molecule has 2 rings (SSSR count). The molecule has 116 valence electrons. The highest BCUT2D eigenvalue weighted by atomic mass is 35.5. The largest absolute Gasteiger partial charge is 0.481 e. The number of carbonyl (C=O) groups is 1. The summed E-state index contributed by atoms with van der Waals surface area (Å²) < 4.78 is 26.6. The Balaban J connectivity index is 2.17. The van der Waals surface area contributed by atoms with Gasteiger partial charge >= 0.3 is 5.97 Å². The van der Waals surface area contributed by atoms with Crippen molar-refractivity contribution in [3.8, 4) is 0 Å². The number of rotatable bonds is 5. The molecule has 0 fully saturated rings. The molecule has 0 saturated heterocycles. The van der Waals surface area contributed by atoms with Gasteiger partial charge in [0.25, 0.3) is 0 Å². The predicted molar refractivity (Wildman–Crippen MR) is 79.3 cm³/mol. The third kappa shape index (κ3) is 4.06. The lowest BCUT2D eigenvalue weighted by Crippen LogP contribution is -2.05. The molecule has 22 heavy (non-hydrogen) atoms. The van der Waals surface area contributed by atoms with Gasteiger partial charge in [-0.05, 0) is 6.07 Å². The first-order valence-corrected chi connectivity index (χ1v) is 7.62. The van der Waals surface area contributed by atoms with E-state index in [1.165, 1.54) is 12.1 Å². The van der Waals surface area contributed by atoms with Crippen LogP contribution >= 0.6 is 35.0 Å². The number of benzene rings is 1. The quantitative estimate of drug-likeness (QED) is 0.493. The van der Waals surface area contributed by atoms with Crippen LogP contribution in [0, 0.1) is 11.6 Å². The Morgan fingerprint density at radius 1 is 1.23 bits per heavy atom. The lowest BCUT2D eigenvalue weighted by molar-refractivity contribution is -0.136. The average Bonchev–Trinajstić information content (AvgIpc) is 2.44. The standard InChI is InChI=1S/C13H8Cl2F2N2O2S/c14-11-7(4-9(20)21)12(15)19-13(18-11)22-5-6-2-1-3-8(16)10(6)17/h1-3H,4-5H2,(H,20,21). The number of carboxylic acids is 1. The Labute approximate surface area is 138 Å². The second kappa shape index (κ2) is 7.21. The Kier molecular flexibility index (Phi) is 5.55. The van der Waals surface area contributed by atoms with Crippen molar-refractivity contribution in [2.75, 3.05) is 0 Å². The van der Waals surface area contributed by atoms with Crippen LogP contribution in [0.3, 0.4) is 0 Å². The van der Waals surface area contributed by atoms with Crippen LogP contribution in [0.4, 0.5) is 8.78 Å². The van der Waals surface area contributed by atoms with Crippen LogP contribution in [0.15, 0.2) is 23.4 Å². The third-order valence-electron chi connectivity index (χ3n) is 2.60. The number of halogens is 4. The summed E-state index contributed by atoms with van der Waals surface area (Å²) in [7, 11) is 0. The van der Waals surface area contributed by atoms with Gasteiger partial charge in [0.15, 0.2) is 16.8 Å². The van der Waals surface area contributed by atoms with E-state index in [1.807, 2.05) is 0 Å². The number of thioether (sulfide) groups is 1. The van der Waals surface area contributed by atoms with E-state index in [0.717, 1.165) is 17.8 Å². The SMILES string of the molecule is O=C(O)Cc1c(Cl)nc(SCc2cccc(F)c2F)nc1Cl. The zero-order chi connectivity index (χ0) is 16.3. The molecule has 0 aliphatic rings. The van der Waals surface area contributed by atoms with Crippen molar-refractivity contribution in [3.05, 3.63) is 51.3 Å². The van der Waals surface area contributed by atoms with Gasteiger partial charge in [-0.2, -0.15) is 0 Å². The van der Waals surface area contributed by atoms with E-state index in [2.05, 4.69) is 9.97 Å². The van der Waals surface area contributed by atoms with Crippen LogP contribution in [0.25, 0.3) is 0 Å². The van der Waals surface area contributed by atoms with Gasteiger partial charge in [-0.25, -0.2) is 18.7 Å². The lowest BCUT2D eigenvalue weighted by atomic mass is 10.2. The first-order chi connectivity index (χ1) is 10.4. The number of aliphatic carboxylic acids is 1. The molecule has 1 heterocycles. The molecule has 9 heteroatoms. The molecule has 0 bridgehead atoms. The van der Waals surface area contributed by atoms with E-state index < -0.39 is 24.0 Å². The van der Waals surface area contributed by atoms with E-state index in [0.29, 0.717) is 0 Å². The summed E-state index contributed by atoms with van der Waals surface area (Å²) in [5.41, 5.74) is 0.257. The second-order valence-corrected chi connectivity index (χ2v) is 5.80. The number of hydrogen-bond donors (Lipinski definition) is 1. The molecule has 1 aromatic carbocycles. The first-order valence-electron chi connectivity index (χ1n) is 5.88. The van der Waals surface area contributed by atoms with Crippen LogP contribution < -0.4 is 0 Å². The summed E-state index contributed by atoms with van der Waals surface area (Å²) >= 11 is 12.7. The molecule has 2 aromatic rings. The van der Waals surface area contributed by atoms with E-state index in [9.17, 15) is 13.6 Å². The highest BCUT2D eigenvalue weighted by Gasteiger charge is 2.16. The van der Waals surface area contributed by atoms with Gasteiger partial charge in [-0.15, -0.1) is 0 Å². The van der Waals surface area contributed by atoms with Crippen LogP contribution in [0.5, 0.6) is 0 Å². The topological polar surface area (TPSA) is 63.1 Å². The fraction of sp³-hybridized carbons (Fsp3) is 0.154. The molecule has 0 spiro atoms. The zero-order valence-electron chi connectivity index (χ0n) is 10.8. The summed E-state index contributed by atoms with van der Waals surface area (Å²) in [6.07, 6.45) is -0.402. The minimum absolute atomic E-state index is 0.0779. The van der Waals surface area contributed by atoms with Gasteiger partial charge in [0.1, 0.15) is 10.3 Å². The predicted octanol–water partition coefficient (Wildman–Crippen LogP) is 3.98. The molecular formula is C13H8Cl2F2N2O2S. The molecule has 0 saturated carbocycles. The van der Waals surface area contributed by atoms with E-state index in [-0.39, 0.29) is 32.3 Å². The van der Waals surface area contributed by atoms with Crippen molar-refractivity contribution in [2.24, 2.45) is 0 Å². The van der Waals surface area contributed by atoms with Crippen LogP contribution in [-0.2, 0) is 17.0 Å². The molecule has 1 N–H and O–H groups in total. The number of aromatic nitrogens is 2. The van der Waals surface area contributed by atoms with Gasteiger partial charge < -0.3 is 5.11 Å². The van der Waals surface area contributed by atoms with E-state index in [4.69, 9.17) is 28.3 Å². The van der Waals surface area contributed by atoms with Gasteiger partial charge in [0.05, 0.1) is 6.42 Å². The molecule has 0 unspecified atom stereocenters. The normalized spacial score (nSPS) is 10.7. The minimum Gasteiger partial charge on any atom is -0.481 e. The Bertz CT molecular complexity index is 708. The zero-order valence-corrected chi connectivity index (χ0v) is 13.1. The second-order valence-electron chi connectivity index (χ2n) is 4.14. The summed E-state index contributed by atoms with van der Waals surface area (Å²) in [5, 5.41) is 8.73. The highest BCUT2D eigenvalue weighted by Crippen LogP contribution is 2.28. The minimum atomic E-state index is -1.12. The van der Waals surface area contributed by atoms with Gasteiger partial charge in [-0.3, -0.25) is 4.79 Å². The van der Waals surface area contributed by atoms with Crippen LogP contribution in [0.1, 0.15) is 11.1 Å². The summed E-state index contributed by atoms with van der Waals surface area (Å²) in [6, 6.07) is 3.85. The third-order valence-corrected chi connectivity index (χ3v) is 4.12. The number of nitrogens with zero attached hydrogens (tertiary/aromatic N) is 2. The Hall–Kier alpha value is -1.44. The maximum absolute atomic E-state index is 13.5. The molecule has 0 aliphatic heterocycles. The molecular weight excluding hydrogens is 357 g/mol. The Morgan fingerprint density at radius 3 is 2.45 bits per heavy atom. The van der Waals surface area contributed by atoms with E-state index >= 15 is 0 Å². The van der Waals surface area contributed by atoms with Gasteiger partial charge in [0.2, 0.25) is 0 Å². The van der Waals surface area contributed by atoms with Crippen LogP contribution in [0.2, 0.25) is 10.3 Å². The summed E-state index contributed by atoms with van der Waals surface area (Å²) in [5.74, 6) is -2.91.